The lowest BCUT2D eigenvalue weighted by atomic mass is 10.1. The van der Waals surface area contributed by atoms with E-state index in [4.69, 9.17) is 10.2 Å². The van der Waals surface area contributed by atoms with Crippen molar-refractivity contribution in [2.45, 2.75) is 12.8 Å². The van der Waals surface area contributed by atoms with Crippen molar-refractivity contribution in [2.24, 2.45) is 5.73 Å². The third-order valence-electron chi connectivity index (χ3n) is 2.34. The number of aromatic nitrogens is 2. The molecule has 0 aliphatic carbocycles. The van der Waals surface area contributed by atoms with Gasteiger partial charge in [0.05, 0.1) is 11.3 Å². The SMILES string of the molecule is NCCc1nnc(Cc2cccc([N+](=O)[O-])c2)o1. The van der Waals surface area contributed by atoms with Crippen molar-refractivity contribution in [3.05, 3.63) is 51.7 Å². The van der Waals surface area contributed by atoms with Gasteiger partial charge in [-0.2, -0.15) is 0 Å². The van der Waals surface area contributed by atoms with E-state index in [0.29, 0.717) is 31.2 Å². The van der Waals surface area contributed by atoms with E-state index in [1.54, 1.807) is 12.1 Å². The molecule has 0 bridgehead atoms. The van der Waals surface area contributed by atoms with E-state index in [1.165, 1.54) is 12.1 Å². The quantitative estimate of drug-likeness (QED) is 0.626. The highest BCUT2D eigenvalue weighted by Crippen LogP contribution is 2.15. The molecule has 0 aliphatic heterocycles. The number of nitro benzene ring substituents is 1. The second kappa shape index (κ2) is 5.37. The van der Waals surface area contributed by atoms with Crippen molar-refractivity contribution < 1.29 is 9.34 Å². The first-order valence-electron chi connectivity index (χ1n) is 5.43. The van der Waals surface area contributed by atoms with Gasteiger partial charge in [0.1, 0.15) is 0 Å². The molecular formula is C11H12N4O3. The minimum atomic E-state index is -0.433. The summed E-state index contributed by atoms with van der Waals surface area (Å²) in [6, 6.07) is 6.34. The van der Waals surface area contributed by atoms with Crippen LogP contribution in [0.5, 0.6) is 0 Å². The lowest BCUT2D eigenvalue weighted by Gasteiger charge is -1.97. The van der Waals surface area contributed by atoms with Gasteiger partial charge in [0.15, 0.2) is 0 Å². The molecule has 18 heavy (non-hydrogen) atoms. The van der Waals surface area contributed by atoms with Gasteiger partial charge in [-0.25, -0.2) is 0 Å². The Balaban J connectivity index is 2.12. The lowest BCUT2D eigenvalue weighted by molar-refractivity contribution is -0.384. The first-order valence-corrected chi connectivity index (χ1v) is 5.43. The maximum atomic E-state index is 10.6. The van der Waals surface area contributed by atoms with Crippen LogP contribution in [0.4, 0.5) is 5.69 Å². The lowest BCUT2D eigenvalue weighted by Crippen LogP contribution is -2.02. The monoisotopic (exact) mass is 248 g/mol. The summed E-state index contributed by atoms with van der Waals surface area (Å²) < 4.78 is 5.36. The van der Waals surface area contributed by atoms with Crippen molar-refractivity contribution in [3.63, 3.8) is 0 Å². The zero-order valence-corrected chi connectivity index (χ0v) is 9.57. The van der Waals surface area contributed by atoms with Gasteiger partial charge >= 0.3 is 0 Å². The van der Waals surface area contributed by atoms with Crippen LogP contribution < -0.4 is 5.73 Å². The summed E-state index contributed by atoms with van der Waals surface area (Å²) in [7, 11) is 0. The van der Waals surface area contributed by atoms with Crippen LogP contribution in [0.2, 0.25) is 0 Å². The second-order valence-corrected chi connectivity index (χ2v) is 3.73. The van der Waals surface area contributed by atoms with E-state index < -0.39 is 4.92 Å². The van der Waals surface area contributed by atoms with Crippen molar-refractivity contribution in [1.82, 2.24) is 10.2 Å². The Bertz CT molecular complexity index is 553. The fourth-order valence-electron chi connectivity index (χ4n) is 1.54. The molecule has 2 N–H and O–H groups in total. The summed E-state index contributed by atoms with van der Waals surface area (Å²) in [5.74, 6) is 0.914. The van der Waals surface area contributed by atoms with Crippen LogP contribution in [0.25, 0.3) is 0 Å². The minimum Gasteiger partial charge on any atom is -0.425 e. The van der Waals surface area contributed by atoms with Crippen molar-refractivity contribution >= 4 is 5.69 Å². The molecule has 7 nitrogen and oxygen atoms in total. The highest BCUT2D eigenvalue weighted by Gasteiger charge is 2.09. The van der Waals surface area contributed by atoms with Crippen LogP contribution in [0, 0.1) is 10.1 Å². The second-order valence-electron chi connectivity index (χ2n) is 3.73. The van der Waals surface area contributed by atoms with Gasteiger partial charge in [-0.05, 0) is 5.56 Å². The predicted octanol–water partition coefficient (Wildman–Crippen LogP) is 1.07. The van der Waals surface area contributed by atoms with Crippen LogP contribution in [0.1, 0.15) is 17.3 Å². The maximum Gasteiger partial charge on any atom is 0.269 e. The summed E-state index contributed by atoms with van der Waals surface area (Å²) in [6.07, 6.45) is 0.904. The van der Waals surface area contributed by atoms with Crippen LogP contribution in [0.3, 0.4) is 0 Å². The summed E-state index contributed by atoms with van der Waals surface area (Å²) in [5.41, 5.74) is 6.18. The first kappa shape index (κ1) is 12.2. The standard InChI is InChI=1S/C11H12N4O3/c12-5-4-10-13-14-11(18-10)7-8-2-1-3-9(6-8)15(16)17/h1-3,6H,4-5,7,12H2. The Labute approximate surface area is 103 Å². The number of benzene rings is 1. The smallest absolute Gasteiger partial charge is 0.269 e. The third kappa shape index (κ3) is 2.89. The van der Waals surface area contributed by atoms with Gasteiger partial charge in [-0.15, -0.1) is 10.2 Å². The molecule has 0 spiro atoms. The fraction of sp³-hybridized carbons (Fsp3) is 0.273. The Morgan fingerprint density at radius 2 is 2.11 bits per heavy atom. The molecule has 2 rings (SSSR count). The molecule has 1 heterocycles. The molecule has 94 valence electrons. The molecule has 0 radical (unpaired) electrons. The molecular weight excluding hydrogens is 236 g/mol. The van der Waals surface area contributed by atoms with Crippen LogP contribution >= 0.6 is 0 Å². The summed E-state index contributed by atoms with van der Waals surface area (Å²) >= 11 is 0. The number of hydrogen-bond acceptors (Lipinski definition) is 6. The maximum absolute atomic E-state index is 10.6. The molecule has 0 aliphatic rings. The van der Waals surface area contributed by atoms with E-state index in [0.717, 1.165) is 5.56 Å². The topological polar surface area (TPSA) is 108 Å². The normalized spacial score (nSPS) is 10.5. The van der Waals surface area contributed by atoms with E-state index in [2.05, 4.69) is 10.2 Å². The molecule has 0 atom stereocenters. The molecule has 0 saturated heterocycles. The van der Waals surface area contributed by atoms with Gasteiger partial charge in [0.2, 0.25) is 11.8 Å². The summed E-state index contributed by atoms with van der Waals surface area (Å²) in [4.78, 5) is 10.2. The Morgan fingerprint density at radius 1 is 1.33 bits per heavy atom. The molecule has 0 amide bonds. The molecule has 0 saturated carbocycles. The van der Waals surface area contributed by atoms with Gasteiger partial charge in [0, 0.05) is 25.1 Å². The highest BCUT2D eigenvalue weighted by molar-refractivity contribution is 5.35. The van der Waals surface area contributed by atoms with Crippen LogP contribution in [-0.2, 0) is 12.8 Å². The molecule has 1 aromatic carbocycles. The third-order valence-corrected chi connectivity index (χ3v) is 2.34. The minimum absolute atomic E-state index is 0.0502. The van der Waals surface area contributed by atoms with Crippen molar-refractivity contribution in [3.8, 4) is 0 Å². The average molecular weight is 248 g/mol. The van der Waals surface area contributed by atoms with E-state index in [-0.39, 0.29) is 5.69 Å². The highest BCUT2D eigenvalue weighted by atomic mass is 16.6. The first-order chi connectivity index (χ1) is 8.69. The zero-order chi connectivity index (χ0) is 13.0. The number of nitrogens with two attached hydrogens (primary N) is 1. The van der Waals surface area contributed by atoms with E-state index >= 15 is 0 Å². The van der Waals surface area contributed by atoms with Crippen molar-refractivity contribution in [1.29, 1.82) is 0 Å². The zero-order valence-electron chi connectivity index (χ0n) is 9.57. The Hall–Kier alpha value is -2.28. The number of nitrogens with zero attached hydrogens (tertiary/aromatic N) is 3. The van der Waals surface area contributed by atoms with Crippen LogP contribution in [-0.4, -0.2) is 21.7 Å². The van der Waals surface area contributed by atoms with Gasteiger partial charge < -0.3 is 10.2 Å². The largest absolute Gasteiger partial charge is 0.425 e. The number of hydrogen-bond donors (Lipinski definition) is 1. The predicted molar refractivity (Wildman–Crippen MR) is 63.0 cm³/mol. The van der Waals surface area contributed by atoms with E-state index in [1.807, 2.05) is 0 Å². The Kier molecular flexibility index (Phi) is 3.63. The number of rotatable bonds is 5. The number of nitro groups is 1. The van der Waals surface area contributed by atoms with Gasteiger partial charge in [0.25, 0.3) is 5.69 Å². The fourth-order valence-corrected chi connectivity index (χ4v) is 1.54. The molecule has 0 fully saturated rings. The molecule has 2 aromatic rings. The van der Waals surface area contributed by atoms with E-state index in [9.17, 15) is 10.1 Å². The van der Waals surface area contributed by atoms with Gasteiger partial charge in [-0.1, -0.05) is 12.1 Å². The summed E-state index contributed by atoms with van der Waals surface area (Å²) in [6.45, 7) is 0.443. The summed E-state index contributed by atoms with van der Waals surface area (Å²) in [5, 5.41) is 18.3. The average Bonchev–Trinajstić information content (AvgIpc) is 2.77. The van der Waals surface area contributed by atoms with Crippen molar-refractivity contribution in [2.75, 3.05) is 6.54 Å². The number of non-ortho nitro benzene ring substituents is 1. The van der Waals surface area contributed by atoms with Gasteiger partial charge in [-0.3, -0.25) is 10.1 Å². The molecule has 7 heteroatoms. The molecule has 0 unspecified atom stereocenters. The molecule has 1 aromatic heterocycles. The Morgan fingerprint density at radius 3 is 2.83 bits per heavy atom. The van der Waals surface area contributed by atoms with Crippen LogP contribution in [0.15, 0.2) is 28.7 Å².